The minimum atomic E-state index is -3.58. The highest BCUT2D eigenvalue weighted by molar-refractivity contribution is 7.89. The molecule has 3 rings (SSSR count). The van der Waals surface area contributed by atoms with E-state index >= 15 is 0 Å². The molecule has 2 amide bonds. The highest BCUT2D eigenvalue weighted by atomic mass is 32.2. The van der Waals surface area contributed by atoms with Gasteiger partial charge in [-0.15, -0.1) is 0 Å². The highest BCUT2D eigenvalue weighted by Gasteiger charge is 2.25. The summed E-state index contributed by atoms with van der Waals surface area (Å²) in [6.07, 6.45) is 0. The molecule has 0 aromatic heterocycles. The zero-order chi connectivity index (χ0) is 20.9. The Morgan fingerprint density at radius 3 is 2.34 bits per heavy atom. The van der Waals surface area contributed by atoms with E-state index in [9.17, 15) is 22.0 Å². The number of amides is 2. The van der Waals surface area contributed by atoms with Crippen LogP contribution in [0.15, 0.2) is 53.4 Å². The molecule has 1 aliphatic rings. The average Bonchev–Trinajstić information content (AvgIpc) is 2.69. The van der Waals surface area contributed by atoms with Crippen LogP contribution in [-0.2, 0) is 10.0 Å². The SMILES string of the molecule is O=C(Nc1ccc(S(=O)(=O)N2CCNCC2)cc1)Nc1cccc(OC(F)F)c1. The van der Waals surface area contributed by atoms with Gasteiger partial charge in [0, 0.05) is 43.6 Å². The van der Waals surface area contributed by atoms with Crippen molar-refractivity contribution < 1.29 is 26.7 Å². The van der Waals surface area contributed by atoms with Crippen molar-refractivity contribution in [2.24, 2.45) is 0 Å². The largest absolute Gasteiger partial charge is 0.435 e. The lowest BCUT2D eigenvalue weighted by Crippen LogP contribution is -2.46. The number of hydrogen-bond donors (Lipinski definition) is 3. The maximum atomic E-state index is 12.6. The van der Waals surface area contributed by atoms with Gasteiger partial charge in [0.15, 0.2) is 0 Å². The fourth-order valence-electron chi connectivity index (χ4n) is 2.79. The number of nitrogens with zero attached hydrogens (tertiary/aromatic N) is 1. The number of anilines is 2. The summed E-state index contributed by atoms with van der Waals surface area (Å²) in [5.74, 6) is -0.0831. The summed E-state index contributed by atoms with van der Waals surface area (Å²) in [7, 11) is -3.58. The van der Waals surface area contributed by atoms with Gasteiger partial charge in [0.05, 0.1) is 4.90 Å². The van der Waals surface area contributed by atoms with Gasteiger partial charge >= 0.3 is 12.6 Å². The smallest absolute Gasteiger partial charge is 0.387 e. The molecule has 0 aliphatic carbocycles. The van der Waals surface area contributed by atoms with E-state index in [1.54, 1.807) is 0 Å². The van der Waals surface area contributed by atoms with E-state index in [1.807, 2.05) is 0 Å². The minimum absolute atomic E-state index is 0.0831. The van der Waals surface area contributed by atoms with Crippen LogP contribution in [0, 0.1) is 0 Å². The van der Waals surface area contributed by atoms with Gasteiger partial charge in [-0.05, 0) is 36.4 Å². The van der Waals surface area contributed by atoms with Crippen LogP contribution in [-0.4, -0.2) is 51.5 Å². The summed E-state index contributed by atoms with van der Waals surface area (Å²) in [4.78, 5) is 12.2. The van der Waals surface area contributed by atoms with Gasteiger partial charge in [0.1, 0.15) is 5.75 Å². The molecule has 11 heteroatoms. The number of carbonyl (C=O) groups is 1. The van der Waals surface area contributed by atoms with Gasteiger partial charge in [-0.3, -0.25) is 0 Å². The Morgan fingerprint density at radius 2 is 1.69 bits per heavy atom. The number of hydrogen-bond acceptors (Lipinski definition) is 5. The number of sulfonamides is 1. The summed E-state index contributed by atoms with van der Waals surface area (Å²) < 4.78 is 55.4. The number of ether oxygens (including phenoxy) is 1. The number of urea groups is 1. The Labute approximate surface area is 166 Å². The molecule has 8 nitrogen and oxygen atoms in total. The first-order valence-corrected chi connectivity index (χ1v) is 10.2. The third-order valence-corrected chi connectivity index (χ3v) is 6.06. The maximum Gasteiger partial charge on any atom is 0.387 e. The van der Waals surface area contributed by atoms with Crippen LogP contribution in [0.25, 0.3) is 0 Å². The molecule has 29 heavy (non-hydrogen) atoms. The topological polar surface area (TPSA) is 99.8 Å². The molecule has 1 heterocycles. The molecule has 1 saturated heterocycles. The lowest BCUT2D eigenvalue weighted by molar-refractivity contribution is -0.0498. The van der Waals surface area contributed by atoms with Crippen molar-refractivity contribution in [3.8, 4) is 5.75 Å². The van der Waals surface area contributed by atoms with Gasteiger partial charge in [-0.25, -0.2) is 13.2 Å². The molecule has 0 atom stereocenters. The van der Waals surface area contributed by atoms with Crippen molar-refractivity contribution >= 4 is 27.4 Å². The van der Waals surface area contributed by atoms with Crippen LogP contribution in [0.1, 0.15) is 0 Å². The zero-order valence-corrected chi connectivity index (χ0v) is 16.1. The van der Waals surface area contributed by atoms with E-state index in [-0.39, 0.29) is 16.3 Å². The van der Waals surface area contributed by atoms with E-state index < -0.39 is 22.7 Å². The number of alkyl halides is 2. The first kappa shape index (κ1) is 21.0. The van der Waals surface area contributed by atoms with Crippen LogP contribution < -0.4 is 20.7 Å². The quantitative estimate of drug-likeness (QED) is 0.659. The molecule has 2 aromatic rings. The van der Waals surface area contributed by atoms with Gasteiger partial charge in [-0.2, -0.15) is 13.1 Å². The average molecular weight is 426 g/mol. The fraction of sp³-hybridized carbons (Fsp3) is 0.278. The van der Waals surface area contributed by atoms with Crippen molar-refractivity contribution in [2.75, 3.05) is 36.8 Å². The van der Waals surface area contributed by atoms with Crippen LogP contribution in [0.3, 0.4) is 0 Å². The van der Waals surface area contributed by atoms with E-state index in [2.05, 4.69) is 20.7 Å². The predicted octanol–water partition coefficient (Wildman–Crippen LogP) is 2.53. The summed E-state index contributed by atoms with van der Waals surface area (Å²) in [5.41, 5.74) is 0.639. The van der Waals surface area contributed by atoms with Gasteiger partial charge < -0.3 is 20.7 Å². The fourth-order valence-corrected chi connectivity index (χ4v) is 4.23. The summed E-state index contributed by atoms with van der Waals surface area (Å²) in [6, 6.07) is 10.8. The van der Waals surface area contributed by atoms with Crippen LogP contribution in [0.5, 0.6) is 5.75 Å². The number of piperazine rings is 1. The first-order valence-electron chi connectivity index (χ1n) is 8.78. The van der Waals surface area contributed by atoms with Gasteiger partial charge in [-0.1, -0.05) is 6.07 Å². The molecular formula is C18H20F2N4O4S. The second kappa shape index (κ2) is 9.16. The van der Waals surface area contributed by atoms with Crippen molar-refractivity contribution in [3.05, 3.63) is 48.5 Å². The Hall–Kier alpha value is -2.76. The number of nitrogens with one attached hydrogen (secondary N) is 3. The molecular weight excluding hydrogens is 406 g/mol. The lowest BCUT2D eigenvalue weighted by atomic mass is 10.3. The minimum Gasteiger partial charge on any atom is -0.435 e. The van der Waals surface area contributed by atoms with Crippen molar-refractivity contribution in [1.82, 2.24) is 9.62 Å². The molecule has 0 radical (unpaired) electrons. The Kier molecular flexibility index (Phi) is 6.62. The van der Waals surface area contributed by atoms with Gasteiger partial charge in [0.25, 0.3) is 0 Å². The van der Waals surface area contributed by atoms with Gasteiger partial charge in [0.2, 0.25) is 10.0 Å². The molecule has 2 aromatic carbocycles. The lowest BCUT2D eigenvalue weighted by Gasteiger charge is -2.26. The molecule has 0 unspecified atom stereocenters. The van der Waals surface area contributed by atoms with Crippen molar-refractivity contribution in [1.29, 1.82) is 0 Å². The molecule has 3 N–H and O–H groups in total. The molecule has 1 aliphatic heterocycles. The summed E-state index contributed by atoms with van der Waals surface area (Å²) >= 11 is 0. The Bertz CT molecular complexity index is 949. The number of halogens is 2. The maximum absolute atomic E-state index is 12.6. The standard InChI is InChI=1S/C18H20F2N4O4S/c19-17(20)28-15-3-1-2-14(12-15)23-18(25)22-13-4-6-16(7-5-13)29(26,27)24-10-8-21-9-11-24/h1-7,12,17,21H,8-11H2,(H2,22,23,25). The van der Waals surface area contributed by atoms with E-state index in [1.165, 1.54) is 52.8 Å². The Morgan fingerprint density at radius 1 is 1.03 bits per heavy atom. The zero-order valence-electron chi connectivity index (χ0n) is 15.3. The molecule has 1 fully saturated rings. The number of benzene rings is 2. The number of rotatable bonds is 6. The summed E-state index contributed by atoms with van der Waals surface area (Å²) in [5, 5.41) is 8.14. The van der Waals surface area contributed by atoms with E-state index in [4.69, 9.17) is 0 Å². The summed E-state index contributed by atoms with van der Waals surface area (Å²) in [6.45, 7) is -0.960. The predicted molar refractivity (Wildman–Crippen MR) is 104 cm³/mol. The normalized spacial score (nSPS) is 15.1. The first-order chi connectivity index (χ1) is 13.8. The van der Waals surface area contributed by atoms with Crippen LogP contribution >= 0.6 is 0 Å². The molecule has 0 spiro atoms. The second-order valence-electron chi connectivity index (χ2n) is 6.16. The third-order valence-electron chi connectivity index (χ3n) is 4.14. The Balaban J connectivity index is 1.61. The molecule has 156 valence electrons. The van der Waals surface area contributed by atoms with Crippen LogP contribution in [0.2, 0.25) is 0 Å². The highest BCUT2D eigenvalue weighted by Crippen LogP contribution is 2.21. The second-order valence-corrected chi connectivity index (χ2v) is 8.10. The number of carbonyl (C=O) groups excluding carboxylic acids is 1. The van der Waals surface area contributed by atoms with Crippen molar-refractivity contribution in [3.63, 3.8) is 0 Å². The molecule has 0 bridgehead atoms. The van der Waals surface area contributed by atoms with Crippen LogP contribution in [0.4, 0.5) is 25.0 Å². The van der Waals surface area contributed by atoms with Crippen molar-refractivity contribution in [2.45, 2.75) is 11.5 Å². The van der Waals surface area contributed by atoms with E-state index in [0.717, 1.165) is 0 Å². The van der Waals surface area contributed by atoms with E-state index in [0.29, 0.717) is 31.9 Å². The monoisotopic (exact) mass is 426 g/mol. The molecule has 0 saturated carbocycles. The third kappa shape index (κ3) is 5.62.